The minimum atomic E-state index is -3.49. The Bertz CT molecular complexity index is 1360. The molecule has 33 heavy (non-hydrogen) atoms. The van der Waals surface area contributed by atoms with E-state index in [1.807, 2.05) is 53.1 Å². The van der Waals surface area contributed by atoms with Crippen LogP contribution in [-0.2, 0) is 22.3 Å². The fourth-order valence-electron chi connectivity index (χ4n) is 3.30. The molecule has 0 radical (unpaired) electrons. The van der Waals surface area contributed by atoms with Gasteiger partial charge in [0.25, 0.3) is 0 Å². The number of hydrogen-bond donors (Lipinski definition) is 0. The summed E-state index contributed by atoms with van der Waals surface area (Å²) in [7, 11) is -0.438. The van der Waals surface area contributed by atoms with Gasteiger partial charge in [-0.2, -0.15) is 0 Å². The molecule has 0 aliphatic rings. The van der Waals surface area contributed by atoms with Crippen LogP contribution in [0.2, 0.25) is 5.02 Å². The lowest BCUT2D eigenvalue weighted by Gasteiger charge is -2.13. The molecule has 0 aliphatic heterocycles. The smallest absolute Gasteiger partial charge is 0.242 e. The third-order valence-corrected chi connectivity index (χ3v) is 8.24. The van der Waals surface area contributed by atoms with Crippen molar-refractivity contribution in [3.05, 3.63) is 95.0 Å². The molecule has 170 valence electrons. The van der Waals surface area contributed by atoms with Crippen LogP contribution in [0.5, 0.6) is 0 Å². The van der Waals surface area contributed by atoms with E-state index in [9.17, 15) is 8.42 Å². The lowest BCUT2D eigenvalue weighted by molar-refractivity contribution is 0.520. The second-order valence-electron chi connectivity index (χ2n) is 7.58. The molecule has 0 atom stereocenters. The largest absolute Gasteiger partial charge is 0.297 e. The number of thioether (sulfide) groups is 1. The zero-order valence-electron chi connectivity index (χ0n) is 18.2. The Morgan fingerprint density at radius 1 is 0.909 bits per heavy atom. The maximum absolute atomic E-state index is 12.5. The summed E-state index contributed by atoms with van der Waals surface area (Å²) in [6.07, 6.45) is 0. The van der Waals surface area contributed by atoms with Gasteiger partial charge in [0.05, 0.1) is 16.5 Å². The van der Waals surface area contributed by atoms with E-state index in [0.717, 1.165) is 21.8 Å². The highest BCUT2D eigenvalue weighted by Gasteiger charge is 2.19. The molecule has 0 unspecified atom stereocenters. The fourth-order valence-corrected chi connectivity index (χ4v) is 5.37. The van der Waals surface area contributed by atoms with Crippen molar-refractivity contribution in [3.63, 3.8) is 0 Å². The van der Waals surface area contributed by atoms with Gasteiger partial charge in [0, 0.05) is 25.4 Å². The number of halogens is 1. The fraction of sp³-hybridized carbons (Fsp3) is 0.167. The first-order valence-corrected chi connectivity index (χ1v) is 13.0. The van der Waals surface area contributed by atoms with Crippen molar-refractivity contribution in [2.45, 2.75) is 22.3 Å². The summed E-state index contributed by atoms with van der Waals surface area (Å²) in [6, 6.07) is 24.6. The summed E-state index contributed by atoms with van der Waals surface area (Å²) in [5.74, 6) is 1.24. The molecule has 0 saturated carbocycles. The number of nitrogens with zero attached hydrogens (tertiary/aromatic N) is 4. The minimum Gasteiger partial charge on any atom is -0.297 e. The van der Waals surface area contributed by atoms with Crippen molar-refractivity contribution in [3.8, 4) is 11.4 Å². The van der Waals surface area contributed by atoms with Crippen LogP contribution in [-0.4, -0.2) is 41.6 Å². The monoisotopic (exact) mass is 498 g/mol. The lowest BCUT2D eigenvalue weighted by Crippen LogP contribution is -2.22. The second-order valence-corrected chi connectivity index (χ2v) is 11.1. The zero-order valence-corrected chi connectivity index (χ0v) is 20.6. The van der Waals surface area contributed by atoms with Gasteiger partial charge in [-0.15, -0.1) is 10.2 Å². The molecule has 1 heterocycles. The first kappa shape index (κ1) is 23.5. The summed E-state index contributed by atoms with van der Waals surface area (Å²) in [6.45, 7) is 0.589. The van der Waals surface area contributed by atoms with Gasteiger partial charge in [-0.05, 0) is 35.4 Å². The average molecular weight is 499 g/mol. The Hall–Kier alpha value is -2.65. The van der Waals surface area contributed by atoms with E-state index in [1.165, 1.54) is 30.2 Å². The highest BCUT2D eigenvalue weighted by atomic mass is 35.5. The number of benzene rings is 3. The molecular formula is C24H23ClN4O2S2. The normalized spacial score (nSPS) is 11.8. The van der Waals surface area contributed by atoms with Gasteiger partial charge in [-0.25, -0.2) is 12.7 Å². The van der Waals surface area contributed by atoms with Crippen LogP contribution in [0.4, 0.5) is 0 Å². The first-order chi connectivity index (χ1) is 15.9. The minimum absolute atomic E-state index is 0.271. The predicted octanol–water partition coefficient (Wildman–Crippen LogP) is 5.19. The van der Waals surface area contributed by atoms with Crippen LogP contribution in [0.25, 0.3) is 11.4 Å². The molecule has 0 amide bonds. The maximum Gasteiger partial charge on any atom is 0.242 e. The van der Waals surface area contributed by atoms with Crippen LogP contribution in [0, 0.1) is 0 Å². The topological polar surface area (TPSA) is 68.1 Å². The summed E-state index contributed by atoms with van der Waals surface area (Å²) >= 11 is 7.96. The van der Waals surface area contributed by atoms with E-state index in [2.05, 4.69) is 22.3 Å². The predicted molar refractivity (Wildman–Crippen MR) is 133 cm³/mol. The summed E-state index contributed by atoms with van der Waals surface area (Å²) in [5, 5.41) is 10.2. The molecule has 0 aliphatic carbocycles. The molecule has 3 aromatic carbocycles. The highest BCUT2D eigenvalue weighted by Crippen LogP contribution is 2.31. The van der Waals surface area contributed by atoms with E-state index >= 15 is 0 Å². The SMILES string of the molecule is CN(C)S(=O)(=O)c1cccc(CSc2nnc(-c3ccccc3Cl)n2Cc2ccccc2)c1. The summed E-state index contributed by atoms with van der Waals surface area (Å²) in [4.78, 5) is 0.271. The van der Waals surface area contributed by atoms with Crippen LogP contribution in [0.3, 0.4) is 0 Å². The Morgan fingerprint density at radius 2 is 1.61 bits per heavy atom. The number of hydrogen-bond acceptors (Lipinski definition) is 5. The molecule has 0 bridgehead atoms. The molecule has 0 N–H and O–H groups in total. The number of rotatable bonds is 8. The molecular weight excluding hydrogens is 476 g/mol. The van der Waals surface area contributed by atoms with Crippen LogP contribution < -0.4 is 0 Å². The van der Waals surface area contributed by atoms with Crippen molar-refractivity contribution in [2.24, 2.45) is 0 Å². The van der Waals surface area contributed by atoms with Crippen molar-refractivity contribution >= 4 is 33.4 Å². The molecule has 4 rings (SSSR count). The molecule has 1 aromatic heterocycles. The Labute approximate surface area is 203 Å². The lowest BCUT2D eigenvalue weighted by atomic mass is 10.2. The Kier molecular flexibility index (Phi) is 7.19. The zero-order chi connectivity index (χ0) is 23.4. The summed E-state index contributed by atoms with van der Waals surface area (Å²) in [5.41, 5.74) is 2.82. The molecule has 4 aromatic rings. The van der Waals surface area contributed by atoms with Gasteiger partial charge in [0.1, 0.15) is 0 Å². The molecule has 0 fully saturated rings. The van der Waals surface area contributed by atoms with Gasteiger partial charge in [-0.3, -0.25) is 4.57 Å². The van der Waals surface area contributed by atoms with Crippen LogP contribution in [0.15, 0.2) is 88.9 Å². The maximum atomic E-state index is 12.5. The van der Waals surface area contributed by atoms with E-state index in [-0.39, 0.29) is 4.90 Å². The van der Waals surface area contributed by atoms with E-state index in [1.54, 1.807) is 18.2 Å². The van der Waals surface area contributed by atoms with Crippen molar-refractivity contribution in [1.29, 1.82) is 0 Å². The number of aromatic nitrogens is 3. The van der Waals surface area contributed by atoms with Crippen molar-refractivity contribution < 1.29 is 8.42 Å². The Morgan fingerprint density at radius 3 is 2.33 bits per heavy atom. The highest BCUT2D eigenvalue weighted by molar-refractivity contribution is 7.98. The van der Waals surface area contributed by atoms with Crippen molar-refractivity contribution in [2.75, 3.05) is 14.1 Å². The third-order valence-electron chi connectivity index (χ3n) is 5.06. The van der Waals surface area contributed by atoms with Gasteiger partial charge in [0.15, 0.2) is 11.0 Å². The number of sulfonamides is 1. The third kappa shape index (κ3) is 5.30. The quantitative estimate of drug-likeness (QED) is 0.313. The standard InChI is InChI=1S/C24H23ClN4O2S2/c1-28(2)33(30,31)20-12-8-11-19(15-20)17-32-24-27-26-23(21-13-6-7-14-22(21)25)29(24)16-18-9-4-3-5-10-18/h3-15H,16-17H2,1-2H3. The first-order valence-electron chi connectivity index (χ1n) is 10.2. The van der Waals surface area contributed by atoms with Gasteiger partial charge >= 0.3 is 0 Å². The molecule has 9 heteroatoms. The summed E-state index contributed by atoms with van der Waals surface area (Å²) < 4.78 is 28.2. The molecule has 0 spiro atoms. The Balaban J connectivity index is 1.65. The average Bonchev–Trinajstić information content (AvgIpc) is 3.21. The molecule has 6 nitrogen and oxygen atoms in total. The van der Waals surface area contributed by atoms with Crippen LogP contribution in [0.1, 0.15) is 11.1 Å². The van der Waals surface area contributed by atoms with E-state index in [0.29, 0.717) is 23.1 Å². The van der Waals surface area contributed by atoms with Gasteiger partial charge in [-0.1, -0.05) is 78.0 Å². The van der Waals surface area contributed by atoms with Crippen LogP contribution >= 0.6 is 23.4 Å². The van der Waals surface area contributed by atoms with Gasteiger partial charge in [0.2, 0.25) is 10.0 Å². The molecule has 0 saturated heterocycles. The van der Waals surface area contributed by atoms with E-state index < -0.39 is 10.0 Å². The van der Waals surface area contributed by atoms with Gasteiger partial charge < -0.3 is 0 Å². The van der Waals surface area contributed by atoms with E-state index in [4.69, 9.17) is 11.6 Å². The second kappa shape index (κ2) is 10.1. The van der Waals surface area contributed by atoms with Crippen molar-refractivity contribution in [1.82, 2.24) is 19.1 Å².